The van der Waals surface area contributed by atoms with Gasteiger partial charge in [0, 0.05) is 19.3 Å². The number of aromatic nitrogens is 5. The number of nitrogens with zero attached hydrogens (tertiary/aromatic N) is 5. The van der Waals surface area contributed by atoms with E-state index in [1.807, 2.05) is 24.3 Å². The van der Waals surface area contributed by atoms with Crippen molar-refractivity contribution in [2.24, 2.45) is 0 Å². The van der Waals surface area contributed by atoms with E-state index < -0.39 is 10.0 Å². The van der Waals surface area contributed by atoms with Gasteiger partial charge in [-0.3, -0.25) is 0 Å². The molecule has 12 heteroatoms. The van der Waals surface area contributed by atoms with Gasteiger partial charge in [0.25, 0.3) is 0 Å². The second kappa shape index (κ2) is 9.36. The van der Waals surface area contributed by atoms with E-state index >= 15 is 0 Å². The maximum Gasteiger partial charge on any atom is 0.240 e. The van der Waals surface area contributed by atoms with Gasteiger partial charge in [0.2, 0.25) is 16.0 Å². The van der Waals surface area contributed by atoms with Crippen LogP contribution in [0.25, 0.3) is 16.9 Å². The fraction of sp³-hybridized carbons (Fsp3) is 0.200. The Morgan fingerprint density at radius 3 is 2.81 bits per heavy atom. The maximum absolute atomic E-state index is 12.3. The number of fused-ring (bicyclic) bond motifs is 1. The van der Waals surface area contributed by atoms with E-state index in [0.717, 1.165) is 11.3 Å². The highest BCUT2D eigenvalue weighted by molar-refractivity contribution is 7.89. The first-order chi connectivity index (χ1) is 15.5. The number of methoxy groups -OCH3 is 1. The fourth-order valence-electron chi connectivity index (χ4n) is 3.04. The lowest BCUT2D eigenvalue weighted by Crippen LogP contribution is -2.26. The summed E-state index contributed by atoms with van der Waals surface area (Å²) >= 11 is 0. The van der Waals surface area contributed by atoms with Crippen LogP contribution in [0.3, 0.4) is 0 Å². The number of aliphatic hydroxyl groups is 1. The van der Waals surface area contributed by atoms with Crippen molar-refractivity contribution >= 4 is 32.8 Å². The van der Waals surface area contributed by atoms with Crippen LogP contribution < -0.4 is 10.0 Å². The molecule has 0 spiro atoms. The van der Waals surface area contributed by atoms with E-state index in [2.05, 4.69) is 30.3 Å². The Morgan fingerprint density at radius 2 is 2.00 bits per heavy atom. The van der Waals surface area contributed by atoms with Gasteiger partial charge in [0.15, 0.2) is 11.2 Å². The molecule has 0 bridgehead atoms. The molecule has 0 aliphatic heterocycles. The van der Waals surface area contributed by atoms with Crippen LogP contribution in [-0.4, -0.2) is 58.7 Å². The van der Waals surface area contributed by atoms with Crippen LogP contribution in [0.5, 0.6) is 0 Å². The molecule has 0 unspecified atom stereocenters. The maximum atomic E-state index is 12.3. The van der Waals surface area contributed by atoms with Crippen LogP contribution in [-0.2, 0) is 21.4 Å². The Bertz CT molecular complexity index is 1340. The lowest BCUT2D eigenvalue weighted by atomic mass is 10.2. The molecule has 2 aromatic heterocycles. The van der Waals surface area contributed by atoms with Crippen molar-refractivity contribution in [3.8, 4) is 5.69 Å². The normalized spacial score (nSPS) is 11.7. The van der Waals surface area contributed by atoms with Crippen molar-refractivity contribution in [3.05, 3.63) is 60.3 Å². The molecule has 0 aliphatic carbocycles. The molecule has 4 rings (SSSR count). The SMILES string of the molecule is COCc1cccc(-n2nnc3cnc(Nc4cccc(S(=O)(=O)NCCO)c4)nc32)c1. The average Bonchev–Trinajstić information content (AvgIpc) is 3.22. The number of rotatable bonds is 9. The van der Waals surface area contributed by atoms with Crippen molar-refractivity contribution in [1.82, 2.24) is 29.7 Å². The Labute approximate surface area is 184 Å². The minimum Gasteiger partial charge on any atom is -0.395 e. The Morgan fingerprint density at radius 1 is 1.16 bits per heavy atom. The van der Waals surface area contributed by atoms with Gasteiger partial charge in [-0.15, -0.1) is 5.10 Å². The van der Waals surface area contributed by atoms with Gasteiger partial charge in [-0.05, 0) is 35.9 Å². The lowest BCUT2D eigenvalue weighted by molar-refractivity contribution is 0.185. The van der Waals surface area contributed by atoms with Gasteiger partial charge in [0.05, 0.1) is 30.0 Å². The van der Waals surface area contributed by atoms with Crippen LogP contribution in [0.4, 0.5) is 11.6 Å². The summed E-state index contributed by atoms with van der Waals surface area (Å²) in [7, 11) is -2.11. The number of hydrogen-bond acceptors (Lipinski definition) is 9. The first-order valence-corrected chi connectivity index (χ1v) is 11.1. The zero-order valence-corrected chi connectivity index (χ0v) is 18.0. The molecule has 0 atom stereocenters. The van der Waals surface area contributed by atoms with Crippen LogP contribution in [0.2, 0.25) is 0 Å². The number of aliphatic hydroxyl groups excluding tert-OH is 1. The van der Waals surface area contributed by atoms with Crippen molar-refractivity contribution in [1.29, 1.82) is 0 Å². The standard InChI is InChI=1S/C20H21N7O4S/c1-31-13-14-4-2-6-16(10-14)27-19-18(25-26-27)12-21-20(24-19)23-15-5-3-7-17(11-15)32(29,30)22-8-9-28/h2-7,10-12,22,28H,8-9,13H2,1H3,(H,21,23,24). The number of anilines is 2. The summed E-state index contributed by atoms with van der Waals surface area (Å²) < 4.78 is 33.7. The number of sulfonamides is 1. The van der Waals surface area contributed by atoms with Crippen LogP contribution in [0.1, 0.15) is 5.56 Å². The van der Waals surface area contributed by atoms with E-state index in [1.165, 1.54) is 18.3 Å². The van der Waals surface area contributed by atoms with Gasteiger partial charge >= 0.3 is 0 Å². The zero-order chi connectivity index (χ0) is 22.6. The molecule has 0 radical (unpaired) electrons. The van der Waals surface area contributed by atoms with Crippen molar-refractivity contribution in [3.63, 3.8) is 0 Å². The highest BCUT2D eigenvalue weighted by Crippen LogP contribution is 2.21. The monoisotopic (exact) mass is 455 g/mol. The van der Waals surface area contributed by atoms with E-state index in [1.54, 1.807) is 23.9 Å². The van der Waals surface area contributed by atoms with E-state index in [9.17, 15) is 8.42 Å². The number of ether oxygens (including phenoxy) is 1. The highest BCUT2D eigenvalue weighted by Gasteiger charge is 2.15. The third-order valence-electron chi connectivity index (χ3n) is 4.46. The highest BCUT2D eigenvalue weighted by atomic mass is 32.2. The summed E-state index contributed by atoms with van der Waals surface area (Å²) in [4.78, 5) is 8.81. The molecule has 3 N–H and O–H groups in total. The molecular formula is C20H21N7O4S. The molecule has 0 saturated carbocycles. The molecule has 0 aliphatic rings. The summed E-state index contributed by atoms with van der Waals surface area (Å²) in [5, 5.41) is 20.2. The summed E-state index contributed by atoms with van der Waals surface area (Å²) in [5.41, 5.74) is 3.24. The fourth-order valence-corrected chi connectivity index (χ4v) is 4.11. The molecule has 0 amide bonds. The number of benzene rings is 2. The molecule has 11 nitrogen and oxygen atoms in total. The van der Waals surface area contributed by atoms with E-state index in [0.29, 0.717) is 23.5 Å². The second-order valence-electron chi connectivity index (χ2n) is 6.78. The molecule has 4 aromatic rings. The van der Waals surface area contributed by atoms with Crippen LogP contribution in [0, 0.1) is 0 Å². The predicted molar refractivity (Wildman–Crippen MR) is 117 cm³/mol. The lowest BCUT2D eigenvalue weighted by Gasteiger charge is -2.09. The van der Waals surface area contributed by atoms with Crippen molar-refractivity contribution in [2.75, 3.05) is 25.6 Å². The third-order valence-corrected chi connectivity index (χ3v) is 5.92. The number of hydrogen-bond donors (Lipinski definition) is 3. The van der Waals surface area contributed by atoms with Crippen LogP contribution in [0.15, 0.2) is 59.6 Å². The molecule has 2 heterocycles. The molecule has 166 valence electrons. The van der Waals surface area contributed by atoms with Gasteiger partial charge in [-0.1, -0.05) is 23.4 Å². The third kappa shape index (κ3) is 4.73. The molecule has 2 aromatic carbocycles. The van der Waals surface area contributed by atoms with Gasteiger partial charge in [0.1, 0.15) is 0 Å². The predicted octanol–water partition coefficient (Wildman–Crippen LogP) is 1.37. The Kier molecular flexibility index (Phi) is 6.37. The minimum atomic E-state index is -3.74. The molecule has 0 fully saturated rings. The smallest absolute Gasteiger partial charge is 0.240 e. The molecular weight excluding hydrogens is 434 g/mol. The molecule has 32 heavy (non-hydrogen) atoms. The Balaban J connectivity index is 1.64. The van der Waals surface area contributed by atoms with Crippen molar-refractivity contribution < 1.29 is 18.3 Å². The van der Waals surface area contributed by atoms with Gasteiger partial charge < -0.3 is 15.2 Å². The molecule has 0 saturated heterocycles. The van der Waals surface area contributed by atoms with Crippen molar-refractivity contribution in [2.45, 2.75) is 11.5 Å². The summed E-state index contributed by atoms with van der Waals surface area (Å²) in [6.45, 7) is 0.109. The van der Waals surface area contributed by atoms with Crippen LogP contribution >= 0.6 is 0 Å². The summed E-state index contributed by atoms with van der Waals surface area (Å²) in [6, 6.07) is 13.9. The first kappa shape index (κ1) is 21.8. The summed E-state index contributed by atoms with van der Waals surface area (Å²) in [6.07, 6.45) is 1.54. The summed E-state index contributed by atoms with van der Waals surface area (Å²) in [5.74, 6) is 0.256. The average molecular weight is 456 g/mol. The second-order valence-corrected chi connectivity index (χ2v) is 8.55. The zero-order valence-electron chi connectivity index (χ0n) is 17.1. The number of nitrogens with one attached hydrogen (secondary N) is 2. The minimum absolute atomic E-state index is 0.0543. The van der Waals surface area contributed by atoms with Gasteiger partial charge in [-0.2, -0.15) is 9.67 Å². The topological polar surface area (TPSA) is 144 Å². The Hall–Kier alpha value is -3.45. The first-order valence-electron chi connectivity index (χ1n) is 9.64. The van der Waals surface area contributed by atoms with E-state index in [4.69, 9.17) is 9.84 Å². The quantitative estimate of drug-likeness (QED) is 0.341. The largest absolute Gasteiger partial charge is 0.395 e. The van der Waals surface area contributed by atoms with Gasteiger partial charge in [-0.25, -0.2) is 18.1 Å². The van der Waals surface area contributed by atoms with E-state index in [-0.39, 0.29) is 24.0 Å².